The summed E-state index contributed by atoms with van der Waals surface area (Å²) in [5, 5.41) is 15.8. The van der Waals surface area contributed by atoms with Crippen LogP contribution in [0.2, 0.25) is 0 Å². The molecule has 0 radical (unpaired) electrons. The lowest BCUT2D eigenvalue weighted by molar-refractivity contribution is 0.187. The van der Waals surface area contributed by atoms with E-state index in [9.17, 15) is 0 Å². The minimum atomic E-state index is 0.483. The summed E-state index contributed by atoms with van der Waals surface area (Å²) in [5.74, 6) is 2.17. The van der Waals surface area contributed by atoms with Gasteiger partial charge in [0.05, 0.1) is 6.61 Å². The van der Waals surface area contributed by atoms with Crippen molar-refractivity contribution in [3.8, 4) is 12.5 Å². The first-order valence-electron chi connectivity index (χ1n) is 5.67. The highest BCUT2D eigenvalue weighted by atomic mass is 16.5. The Morgan fingerprint density at radius 1 is 1.12 bits per heavy atom. The van der Waals surface area contributed by atoms with Gasteiger partial charge in [0.1, 0.15) is 6.61 Å². The molecule has 3 atom stereocenters. The van der Waals surface area contributed by atoms with Crippen molar-refractivity contribution in [2.75, 3.05) is 13.2 Å². The van der Waals surface area contributed by atoms with E-state index in [0.29, 0.717) is 19.1 Å². The summed E-state index contributed by atoms with van der Waals surface area (Å²) < 4.78 is 8.88. The first kappa shape index (κ1) is 14.6. The molecule has 3 unspecified atom stereocenters. The standard InChI is InChI=1S/C9H15NO.C3H5NO/c1-7-3-8(2)9(4-7)5-11-6-10;1-2-5-3-4/h7-9H,3-5H2,1-2H3;2H2,1H3. The van der Waals surface area contributed by atoms with Crippen LogP contribution in [0.5, 0.6) is 0 Å². The molecule has 90 valence electrons. The average Bonchev–Trinajstić information content (AvgIpc) is 2.56. The largest absolute Gasteiger partial charge is 0.428 e. The van der Waals surface area contributed by atoms with E-state index in [1.807, 2.05) is 0 Å². The fourth-order valence-corrected chi connectivity index (χ4v) is 2.11. The van der Waals surface area contributed by atoms with Gasteiger partial charge in [0.25, 0.3) is 12.5 Å². The van der Waals surface area contributed by atoms with Crippen molar-refractivity contribution in [1.29, 1.82) is 10.5 Å². The molecule has 0 saturated heterocycles. The Morgan fingerprint density at radius 3 is 2.06 bits per heavy atom. The van der Waals surface area contributed by atoms with E-state index in [1.54, 1.807) is 13.2 Å². The number of ether oxygens (including phenoxy) is 2. The van der Waals surface area contributed by atoms with Gasteiger partial charge in [0.15, 0.2) is 0 Å². The van der Waals surface area contributed by atoms with E-state index < -0.39 is 0 Å². The molecule has 0 aromatic rings. The molecule has 0 aromatic heterocycles. The highest BCUT2D eigenvalue weighted by molar-refractivity contribution is 4.79. The molecule has 0 amide bonds. The average molecular weight is 224 g/mol. The van der Waals surface area contributed by atoms with Gasteiger partial charge in [-0.15, -0.1) is 0 Å². The second kappa shape index (κ2) is 8.85. The zero-order chi connectivity index (χ0) is 12.4. The molecule has 1 aliphatic rings. The van der Waals surface area contributed by atoms with Crippen LogP contribution in [0.25, 0.3) is 0 Å². The Hall–Kier alpha value is -1.42. The van der Waals surface area contributed by atoms with E-state index >= 15 is 0 Å². The summed E-state index contributed by atoms with van der Waals surface area (Å²) >= 11 is 0. The van der Waals surface area contributed by atoms with Crippen molar-refractivity contribution < 1.29 is 9.47 Å². The van der Waals surface area contributed by atoms with Crippen molar-refractivity contribution in [1.82, 2.24) is 0 Å². The van der Waals surface area contributed by atoms with Gasteiger partial charge in [-0.3, -0.25) is 0 Å². The van der Waals surface area contributed by atoms with Crippen molar-refractivity contribution >= 4 is 0 Å². The van der Waals surface area contributed by atoms with Crippen LogP contribution in [0.3, 0.4) is 0 Å². The molecule has 0 N–H and O–H groups in total. The molecule has 1 fully saturated rings. The minimum Gasteiger partial charge on any atom is -0.428 e. The van der Waals surface area contributed by atoms with Gasteiger partial charge in [-0.1, -0.05) is 13.8 Å². The number of hydrogen-bond acceptors (Lipinski definition) is 4. The van der Waals surface area contributed by atoms with Crippen molar-refractivity contribution in [2.45, 2.75) is 33.6 Å². The van der Waals surface area contributed by atoms with Crippen LogP contribution >= 0.6 is 0 Å². The van der Waals surface area contributed by atoms with Crippen molar-refractivity contribution in [3.05, 3.63) is 0 Å². The third-order valence-corrected chi connectivity index (χ3v) is 2.85. The third kappa shape index (κ3) is 6.14. The molecule has 0 bridgehead atoms. The molecule has 1 aliphatic carbocycles. The van der Waals surface area contributed by atoms with Crippen LogP contribution in [0.15, 0.2) is 0 Å². The smallest absolute Gasteiger partial charge is 0.286 e. The molecular weight excluding hydrogens is 204 g/mol. The van der Waals surface area contributed by atoms with E-state index in [1.165, 1.54) is 19.1 Å². The molecule has 0 heterocycles. The summed E-state index contributed by atoms with van der Waals surface area (Å²) in [6.07, 6.45) is 5.76. The molecule has 0 spiro atoms. The molecule has 4 nitrogen and oxygen atoms in total. The van der Waals surface area contributed by atoms with Gasteiger partial charge in [-0.05, 0) is 37.5 Å². The lowest BCUT2D eigenvalue weighted by Gasteiger charge is -2.11. The van der Waals surface area contributed by atoms with Crippen molar-refractivity contribution in [3.63, 3.8) is 0 Å². The van der Waals surface area contributed by atoms with Gasteiger partial charge >= 0.3 is 0 Å². The number of rotatable bonds is 3. The maximum absolute atomic E-state index is 8.21. The second-order valence-electron chi connectivity index (χ2n) is 4.24. The Bertz CT molecular complexity index is 255. The monoisotopic (exact) mass is 224 g/mol. The molecular formula is C12H20N2O2. The Labute approximate surface area is 97.8 Å². The Balaban J connectivity index is 0.000000385. The topological polar surface area (TPSA) is 66.0 Å². The third-order valence-electron chi connectivity index (χ3n) is 2.85. The van der Waals surface area contributed by atoms with Gasteiger partial charge in [-0.25, -0.2) is 0 Å². The van der Waals surface area contributed by atoms with Crippen LogP contribution in [0, 0.1) is 40.8 Å². The van der Waals surface area contributed by atoms with Gasteiger partial charge in [-0.2, -0.15) is 10.5 Å². The van der Waals surface area contributed by atoms with E-state index in [0.717, 1.165) is 11.8 Å². The molecule has 16 heavy (non-hydrogen) atoms. The fourth-order valence-electron chi connectivity index (χ4n) is 2.11. The molecule has 1 saturated carbocycles. The molecule has 1 rings (SSSR count). The Morgan fingerprint density at radius 2 is 1.75 bits per heavy atom. The summed E-state index contributed by atoms with van der Waals surface area (Å²) in [7, 11) is 0. The second-order valence-corrected chi connectivity index (χ2v) is 4.24. The lowest BCUT2D eigenvalue weighted by Crippen LogP contribution is -2.10. The van der Waals surface area contributed by atoms with Crippen molar-refractivity contribution in [2.24, 2.45) is 17.8 Å². The van der Waals surface area contributed by atoms with Gasteiger partial charge < -0.3 is 9.47 Å². The zero-order valence-electron chi connectivity index (χ0n) is 10.3. The van der Waals surface area contributed by atoms with Crippen LogP contribution in [-0.2, 0) is 9.47 Å². The SMILES string of the molecule is CC1CC(C)C(COC#N)C1.CCOC#N. The number of nitrogens with zero attached hydrogens (tertiary/aromatic N) is 2. The van der Waals surface area contributed by atoms with Crippen LogP contribution in [0.1, 0.15) is 33.6 Å². The predicted molar refractivity (Wildman–Crippen MR) is 59.9 cm³/mol. The summed E-state index contributed by atoms with van der Waals surface area (Å²) in [6.45, 7) is 7.39. The lowest BCUT2D eigenvalue weighted by atomic mass is 10.00. The maximum atomic E-state index is 8.21. The fraction of sp³-hybridized carbons (Fsp3) is 0.833. The first-order chi connectivity index (χ1) is 7.65. The highest BCUT2D eigenvalue weighted by Gasteiger charge is 2.28. The normalized spacial score (nSPS) is 26.9. The van der Waals surface area contributed by atoms with Crippen LogP contribution in [0.4, 0.5) is 0 Å². The number of nitriles is 2. The summed E-state index contributed by atoms with van der Waals surface area (Å²) in [4.78, 5) is 0. The first-order valence-corrected chi connectivity index (χ1v) is 5.67. The quantitative estimate of drug-likeness (QED) is 0.691. The predicted octanol–water partition coefficient (Wildman–Crippen LogP) is 2.67. The zero-order valence-corrected chi connectivity index (χ0v) is 10.3. The van der Waals surface area contributed by atoms with E-state index in [-0.39, 0.29) is 0 Å². The Kier molecular flexibility index (Phi) is 8.07. The molecule has 0 aromatic carbocycles. The molecule has 4 heteroatoms. The van der Waals surface area contributed by atoms with Crippen LogP contribution < -0.4 is 0 Å². The van der Waals surface area contributed by atoms with E-state index in [4.69, 9.17) is 15.3 Å². The summed E-state index contributed by atoms with van der Waals surface area (Å²) in [6, 6.07) is 0. The minimum absolute atomic E-state index is 0.483. The van der Waals surface area contributed by atoms with Crippen LogP contribution in [-0.4, -0.2) is 13.2 Å². The van der Waals surface area contributed by atoms with Gasteiger partial charge in [0.2, 0.25) is 0 Å². The molecule has 0 aliphatic heterocycles. The maximum Gasteiger partial charge on any atom is 0.286 e. The summed E-state index contributed by atoms with van der Waals surface area (Å²) in [5.41, 5.74) is 0. The van der Waals surface area contributed by atoms with E-state index in [2.05, 4.69) is 18.6 Å². The highest BCUT2D eigenvalue weighted by Crippen LogP contribution is 2.35. The van der Waals surface area contributed by atoms with Gasteiger partial charge in [0, 0.05) is 0 Å². The number of hydrogen-bond donors (Lipinski definition) is 0.